The van der Waals surface area contributed by atoms with E-state index in [1.54, 1.807) is 6.92 Å². The normalized spacial score (nSPS) is 20.6. The third kappa shape index (κ3) is 4.82. The molecule has 122 valence electrons. The lowest BCUT2D eigenvalue weighted by Gasteiger charge is -2.36. The Labute approximate surface area is 134 Å². The fourth-order valence-corrected chi connectivity index (χ4v) is 3.26. The number of nitrogens with two attached hydrogens (primary N) is 1. The average Bonchev–Trinajstić information content (AvgIpc) is 2.53. The van der Waals surface area contributed by atoms with E-state index in [-0.39, 0.29) is 5.91 Å². The molecule has 2 atom stereocenters. The van der Waals surface area contributed by atoms with Crippen LogP contribution >= 0.6 is 0 Å². The van der Waals surface area contributed by atoms with Crippen molar-refractivity contribution in [3.05, 3.63) is 35.9 Å². The van der Waals surface area contributed by atoms with Crippen molar-refractivity contribution in [3.8, 4) is 0 Å². The molecule has 1 aromatic rings. The minimum Gasteiger partial charge on any atom is -0.341 e. The van der Waals surface area contributed by atoms with Gasteiger partial charge in [-0.1, -0.05) is 30.3 Å². The molecule has 4 heteroatoms. The number of amides is 1. The molecular weight excluding hydrogens is 274 g/mol. The molecular formula is C18H29N3O. The molecule has 2 rings (SSSR count). The quantitative estimate of drug-likeness (QED) is 0.875. The van der Waals surface area contributed by atoms with E-state index in [9.17, 15) is 4.79 Å². The highest BCUT2D eigenvalue weighted by molar-refractivity contribution is 5.81. The molecule has 4 nitrogen and oxygen atoms in total. The monoisotopic (exact) mass is 303 g/mol. The average molecular weight is 303 g/mol. The standard InChI is InChI=1S/C18H29N3O/c1-3-21(18(22)15(2)19)14-17-10-7-11-20(13-17)12-16-8-5-4-6-9-16/h4-6,8-9,15,17H,3,7,10-14,19H2,1-2H3/t15-,17-/m0/s1. The van der Waals surface area contributed by atoms with Crippen molar-refractivity contribution in [3.63, 3.8) is 0 Å². The van der Waals surface area contributed by atoms with Gasteiger partial charge >= 0.3 is 0 Å². The zero-order valence-corrected chi connectivity index (χ0v) is 13.9. The lowest BCUT2D eigenvalue weighted by molar-refractivity contribution is -0.132. The number of hydrogen-bond donors (Lipinski definition) is 1. The Kier molecular flexibility index (Phi) is 6.40. The van der Waals surface area contributed by atoms with Gasteiger partial charge in [0.1, 0.15) is 0 Å². The zero-order chi connectivity index (χ0) is 15.9. The van der Waals surface area contributed by atoms with E-state index in [1.165, 1.54) is 18.4 Å². The van der Waals surface area contributed by atoms with Gasteiger partial charge in [0.15, 0.2) is 0 Å². The smallest absolute Gasteiger partial charge is 0.239 e. The molecule has 1 heterocycles. The maximum absolute atomic E-state index is 12.1. The van der Waals surface area contributed by atoms with Crippen LogP contribution < -0.4 is 5.73 Å². The van der Waals surface area contributed by atoms with E-state index >= 15 is 0 Å². The number of benzene rings is 1. The number of piperidine rings is 1. The van der Waals surface area contributed by atoms with E-state index < -0.39 is 6.04 Å². The molecule has 1 amide bonds. The highest BCUT2D eigenvalue weighted by Crippen LogP contribution is 2.20. The van der Waals surface area contributed by atoms with Gasteiger partial charge in [0.25, 0.3) is 0 Å². The Bertz CT molecular complexity index is 461. The third-order valence-corrected chi connectivity index (χ3v) is 4.41. The first-order valence-corrected chi connectivity index (χ1v) is 8.40. The second kappa shape index (κ2) is 8.30. The molecule has 1 saturated heterocycles. The summed E-state index contributed by atoms with van der Waals surface area (Å²) in [5, 5.41) is 0. The molecule has 0 aliphatic carbocycles. The summed E-state index contributed by atoms with van der Waals surface area (Å²) in [6, 6.07) is 10.2. The van der Waals surface area contributed by atoms with E-state index in [2.05, 4.69) is 35.2 Å². The van der Waals surface area contributed by atoms with Crippen LogP contribution in [-0.2, 0) is 11.3 Å². The summed E-state index contributed by atoms with van der Waals surface area (Å²) in [6.45, 7) is 8.61. The zero-order valence-electron chi connectivity index (χ0n) is 13.9. The predicted molar refractivity (Wildman–Crippen MR) is 90.3 cm³/mol. The predicted octanol–water partition coefficient (Wildman–Crippen LogP) is 2.09. The SMILES string of the molecule is CCN(C[C@H]1CCCN(Cc2ccccc2)C1)C(=O)[C@H](C)N. The van der Waals surface area contributed by atoms with E-state index in [1.807, 2.05) is 11.8 Å². The fourth-order valence-electron chi connectivity index (χ4n) is 3.26. The van der Waals surface area contributed by atoms with E-state index in [0.29, 0.717) is 5.92 Å². The van der Waals surface area contributed by atoms with Gasteiger partial charge in [-0.25, -0.2) is 0 Å². The minimum atomic E-state index is -0.399. The van der Waals surface area contributed by atoms with E-state index in [4.69, 9.17) is 5.73 Å². The molecule has 1 fully saturated rings. The molecule has 22 heavy (non-hydrogen) atoms. The molecule has 2 N–H and O–H groups in total. The number of hydrogen-bond acceptors (Lipinski definition) is 3. The van der Waals surface area contributed by atoms with Crippen LogP contribution in [0.3, 0.4) is 0 Å². The van der Waals surface area contributed by atoms with Crippen LogP contribution in [0.15, 0.2) is 30.3 Å². The Hall–Kier alpha value is -1.39. The summed E-state index contributed by atoms with van der Waals surface area (Å²) in [7, 11) is 0. The van der Waals surface area contributed by atoms with Crippen molar-refractivity contribution < 1.29 is 4.79 Å². The van der Waals surface area contributed by atoms with Crippen LogP contribution in [0.25, 0.3) is 0 Å². The molecule has 0 bridgehead atoms. The summed E-state index contributed by atoms with van der Waals surface area (Å²) >= 11 is 0. The molecule has 1 aliphatic heterocycles. The van der Waals surface area contributed by atoms with Crippen molar-refractivity contribution in [1.29, 1.82) is 0 Å². The molecule has 0 spiro atoms. The number of rotatable bonds is 6. The first kappa shape index (κ1) is 17.0. The second-order valence-corrected chi connectivity index (χ2v) is 6.39. The minimum absolute atomic E-state index is 0.0719. The lowest BCUT2D eigenvalue weighted by Crippen LogP contribution is -2.47. The van der Waals surface area contributed by atoms with Gasteiger partial charge in [0, 0.05) is 26.2 Å². The van der Waals surface area contributed by atoms with Crippen LogP contribution in [0.1, 0.15) is 32.3 Å². The Morgan fingerprint density at radius 3 is 2.77 bits per heavy atom. The summed E-state index contributed by atoms with van der Waals surface area (Å²) < 4.78 is 0. The molecule has 0 saturated carbocycles. The summed E-state index contributed by atoms with van der Waals surface area (Å²) in [5.41, 5.74) is 7.11. The van der Waals surface area contributed by atoms with Gasteiger partial charge in [-0.2, -0.15) is 0 Å². The Morgan fingerprint density at radius 2 is 2.14 bits per heavy atom. The number of nitrogens with zero attached hydrogens (tertiary/aromatic N) is 2. The second-order valence-electron chi connectivity index (χ2n) is 6.39. The summed E-state index contributed by atoms with van der Waals surface area (Å²) in [4.78, 5) is 16.5. The van der Waals surface area contributed by atoms with Gasteiger partial charge < -0.3 is 10.6 Å². The van der Waals surface area contributed by atoms with Crippen molar-refractivity contribution in [2.45, 2.75) is 39.3 Å². The number of carbonyl (C=O) groups excluding carboxylic acids is 1. The molecule has 0 aromatic heterocycles. The largest absolute Gasteiger partial charge is 0.341 e. The number of likely N-dealkylation sites (N-methyl/N-ethyl adjacent to an activating group) is 1. The number of carbonyl (C=O) groups is 1. The maximum atomic E-state index is 12.1. The maximum Gasteiger partial charge on any atom is 0.239 e. The Morgan fingerprint density at radius 1 is 1.41 bits per heavy atom. The van der Waals surface area contributed by atoms with Crippen LogP contribution in [0, 0.1) is 5.92 Å². The van der Waals surface area contributed by atoms with Crippen LogP contribution in [0.4, 0.5) is 0 Å². The first-order chi connectivity index (χ1) is 10.6. The van der Waals surface area contributed by atoms with Crippen molar-refractivity contribution in [1.82, 2.24) is 9.80 Å². The van der Waals surface area contributed by atoms with Gasteiger partial charge in [-0.05, 0) is 44.7 Å². The van der Waals surface area contributed by atoms with Crippen molar-refractivity contribution >= 4 is 5.91 Å². The summed E-state index contributed by atoms with van der Waals surface area (Å²) in [5.74, 6) is 0.628. The lowest BCUT2D eigenvalue weighted by atomic mass is 9.96. The van der Waals surface area contributed by atoms with Crippen molar-refractivity contribution in [2.24, 2.45) is 11.7 Å². The molecule has 0 radical (unpaired) electrons. The first-order valence-electron chi connectivity index (χ1n) is 8.40. The summed E-state index contributed by atoms with van der Waals surface area (Å²) in [6.07, 6.45) is 2.41. The van der Waals surface area contributed by atoms with E-state index in [0.717, 1.165) is 32.7 Å². The Balaban J connectivity index is 1.88. The molecule has 0 unspecified atom stereocenters. The number of likely N-dealkylation sites (tertiary alicyclic amines) is 1. The van der Waals surface area contributed by atoms with Crippen LogP contribution in [0.2, 0.25) is 0 Å². The molecule has 1 aliphatic rings. The van der Waals surface area contributed by atoms with Gasteiger partial charge in [-0.3, -0.25) is 9.69 Å². The molecule has 1 aromatic carbocycles. The van der Waals surface area contributed by atoms with Crippen LogP contribution in [-0.4, -0.2) is 47.9 Å². The van der Waals surface area contributed by atoms with Crippen molar-refractivity contribution in [2.75, 3.05) is 26.2 Å². The highest BCUT2D eigenvalue weighted by Gasteiger charge is 2.24. The van der Waals surface area contributed by atoms with Gasteiger partial charge in [0.05, 0.1) is 6.04 Å². The van der Waals surface area contributed by atoms with Gasteiger partial charge in [-0.15, -0.1) is 0 Å². The topological polar surface area (TPSA) is 49.6 Å². The van der Waals surface area contributed by atoms with Crippen LogP contribution in [0.5, 0.6) is 0 Å². The van der Waals surface area contributed by atoms with Gasteiger partial charge in [0.2, 0.25) is 5.91 Å². The highest BCUT2D eigenvalue weighted by atomic mass is 16.2. The fraction of sp³-hybridized carbons (Fsp3) is 0.611. The third-order valence-electron chi connectivity index (χ3n) is 4.41.